The second kappa shape index (κ2) is 7.17. The largest absolute Gasteiger partial charge is 0.486 e. The van der Waals surface area contributed by atoms with Gasteiger partial charge < -0.3 is 14.8 Å². The molecule has 2 rings (SSSR count). The average molecular weight is 313 g/mol. The molecular weight excluding hydrogens is 296 g/mol. The summed E-state index contributed by atoms with van der Waals surface area (Å²) in [6.07, 6.45) is 0.620. The van der Waals surface area contributed by atoms with E-state index in [1.807, 2.05) is 18.2 Å². The van der Waals surface area contributed by atoms with Gasteiger partial charge in [0, 0.05) is 6.54 Å². The van der Waals surface area contributed by atoms with Gasteiger partial charge in [-0.15, -0.1) is 11.6 Å². The Morgan fingerprint density at radius 1 is 1.29 bits per heavy atom. The van der Waals surface area contributed by atoms with Crippen molar-refractivity contribution in [3.63, 3.8) is 0 Å². The van der Waals surface area contributed by atoms with E-state index in [0.29, 0.717) is 31.9 Å². The first-order chi connectivity index (χ1) is 10.1. The topological polar surface area (TPSA) is 76.7 Å². The molecule has 0 fully saturated rings. The lowest BCUT2D eigenvalue weighted by Gasteiger charge is -2.18. The number of hydrogen-bond acceptors (Lipinski definition) is 4. The quantitative estimate of drug-likeness (QED) is 0.825. The lowest BCUT2D eigenvalue weighted by Crippen LogP contribution is -2.42. The lowest BCUT2D eigenvalue weighted by molar-refractivity contribution is -0.119. The zero-order valence-corrected chi connectivity index (χ0v) is 12.4. The van der Waals surface area contributed by atoms with Crippen LogP contribution in [0.1, 0.15) is 12.5 Å². The number of rotatable bonds is 4. The molecule has 1 aliphatic rings. The number of amides is 3. The third-order valence-corrected chi connectivity index (χ3v) is 3.10. The van der Waals surface area contributed by atoms with Crippen LogP contribution in [0.15, 0.2) is 18.2 Å². The van der Waals surface area contributed by atoms with E-state index in [0.717, 1.165) is 11.3 Å². The minimum absolute atomic E-state index is 0.398. The number of nitrogens with one attached hydrogen (secondary N) is 2. The van der Waals surface area contributed by atoms with Crippen LogP contribution in [0, 0.1) is 0 Å². The zero-order valence-electron chi connectivity index (χ0n) is 11.6. The summed E-state index contributed by atoms with van der Waals surface area (Å²) in [6.45, 7) is 2.99. The average Bonchev–Trinajstić information content (AvgIpc) is 2.47. The predicted octanol–water partition coefficient (Wildman–Crippen LogP) is 1.45. The van der Waals surface area contributed by atoms with Crippen molar-refractivity contribution in [2.75, 3.05) is 19.8 Å². The fraction of sp³-hybridized carbons (Fsp3) is 0.429. The number of imide groups is 1. The van der Waals surface area contributed by atoms with E-state index in [4.69, 9.17) is 21.1 Å². The van der Waals surface area contributed by atoms with Gasteiger partial charge in [-0.1, -0.05) is 6.07 Å². The Morgan fingerprint density at radius 2 is 2.00 bits per heavy atom. The summed E-state index contributed by atoms with van der Waals surface area (Å²) in [5, 5.41) is 4.00. The first-order valence-corrected chi connectivity index (χ1v) is 7.11. The molecule has 1 aliphatic heterocycles. The van der Waals surface area contributed by atoms with Crippen LogP contribution in [0.25, 0.3) is 0 Å². The summed E-state index contributed by atoms with van der Waals surface area (Å²) in [4.78, 5) is 22.6. The summed E-state index contributed by atoms with van der Waals surface area (Å²) in [7, 11) is 0. The van der Waals surface area contributed by atoms with Crippen LogP contribution < -0.4 is 20.1 Å². The summed E-state index contributed by atoms with van der Waals surface area (Å²) < 4.78 is 10.9. The van der Waals surface area contributed by atoms with E-state index < -0.39 is 17.3 Å². The maximum atomic E-state index is 11.4. The monoisotopic (exact) mass is 312 g/mol. The number of ether oxygens (including phenoxy) is 2. The van der Waals surface area contributed by atoms with Gasteiger partial charge in [0.15, 0.2) is 11.5 Å². The molecule has 0 radical (unpaired) electrons. The minimum atomic E-state index is -0.742. The molecule has 6 nitrogen and oxygen atoms in total. The smallest absolute Gasteiger partial charge is 0.321 e. The van der Waals surface area contributed by atoms with Gasteiger partial charge in [-0.3, -0.25) is 10.1 Å². The van der Waals surface area contributed by atoms with Gasteiger partial charge in [0.25, 0.3) is 0 Å². The van der Waals surface area contributed by atoms with E-state index >= 15 is 0 Å². The first kappa shape index (κ1) is 15.4. The molecule has 3 amide bonds. The van der Waals surface area contributed by atoms with E-state index in [1.54, 1.807) is 0 Å². The highest BCUT2D eigenvalue weighted by Crippen LogP contribution is 2.30. The molecule has 0 aromatic heterocycles. The van der Waals surface area contributed by atoms with E-state index in [1.165, 1.54) is 6.92 Å². The van der Waals surface area contributed by atoms with Gasteiger partial charge >= 0.3 is 6.03 Å². The normalized spacial score (nSPS) is 14.2. The molecule has 0 saturated heterocycles. The molecule has 1 aromatic rings. The second-order valence-corrected chi connectivity index (χ2v) is 5.24. The molecule has 1 unspecified atom stereocenters. The molecule has 1 heterocycles. The van der Waals surface area contributed by atoms with Crippen molar-refractivity contribution in [2.45, 2.75) is 18.7 Å². The zero-order chi connectivity index (χ0) is 15.2. The molecule has 0 aliphatic carbocycles. The number of urea groups is 1. The van der Waals surface area contributed by atoms with Crippen LogP contribution in [-0.4, -0.2) is 37.1 Å². The number of hydrogen-bond donors (Lipinski definition) is 2. The van der Waals surface area contributed by atoms with Crippen molar-refractivity contribution < 1.29 is 19.1 Å². The van der Waals surface area contributed by atoms with Crippen LogP contribution in [0.3, 0.4) is 0 Å². The Hall–Kier alpha value is -1.95. The van der Waals surface area contributed by atoms with Gasteiger partial charge in [-0.25, -0.2) is 4.79 Å². The van der Waals surface area contributed by atoms with Gasteiger partial charge in [-0.2, -0.15) is 0 Å². The SMILES string of the molecule is CC(Cl)C(=O)NC(=O)NCCc1ccc2c(c1)OCCO2. The Bertz CT molecular complexity index is 534. The van der Waals surface area contributed by atoms with Crippen LogP contribution in [0.4, 0.5) is 4.79 Å². The molecule has 2 N–H and O–H groups in total. The van der Waals surface area contributed by atoms with Crippen molar-refractivity contribution in [2.24, 2.45) is 0 Å². The van der Waals surface area contributed by atoms with Gasteiger partial charge in [0.05, 0.1) is 0 Å². The summed E-state index contributed by atoms with van der Waals surface area (Å²) in [5.74, 6) is 0.931. The molecule has 0 bridgehead atoms. The predicted molar refractivity (Wildman–Crippen MR) is 78.0 cm³/mol. The second-order valence-electron chi connectivity index (χ2n) is 4.59. The summed E-state index contributed by atoms with van der Waals surface area (Å²) in [5.41, 5.74) is 1.01. The Kier molecular flexibility index (Phi) is 5.27. The van der Waals surface area contributed by atoms with Crippen molar-refractivity contribution in [3.8, 4) is 11.5 Å². The molecule has 0 spiro atoms. The molecule has 1 aromatic carbocycles. The molecule has 0 saturated carbocycles. The Labute approximate surface area is 127 Å². The number of benzene rings is 1. The molecule has 21 heavy (non-hydrogen) atoms. The first-order valence-electron chi connectivity index (χ1n) is 6.67. The molecule has 114 valence electrons. The number of alkyl halides is 1. The van der Waals surface area contributed by atoms with Crippen molar-refractivity contribution in [1.29, 1.82) is 0 Å². The highest BCUT2D eigenvalue weighted by atomic mass is 35.5. The van der Waals surface area contributed by atoms with Gasteiger partial charge in [0.1, 0.15) is 18.6 Å². The van der Waals surface area contributed by atoms with Crippen molar-refractivity contribution in [3.05, 3.63) is 23.8 Å². The Balaban J connectivity index is 1.78. The van der Waals surface area contributed by atoms with E-state index in [-0.39, 0.29) is 0 Å². The lowest BCUT2D eigenvalue weighted by atomic mass is 10.1. The molecule has 7 heteroatoms. The molecular formula is C14H17ClN2O4. The van der Waals surface area contributed by atoms with Crippen molar-refractivity contribution >= 4 is 23.5 Å². The number of carbonyl (C=O) groups is 2. The van der Waals surface area contributed by atoms with Crippen LogP contribution in [-0.2, 0) is 11.2 Å². The van der Waals surface area contributed by atoms with Crippen LogP contribution >= 0.6 is 11.6 Å². The van der Waals surface area contributed by atoms with Crippen LogP contribution in [0.5, 0.6) is 11.5 Å². The fourth-order valence-corrected chi connectivity index (χ4v) is 1.87. The maximum Gasteiger partial charge on any atom is 0.321 e. The van der Waals surface area contributed by atoms with E-state index in [9.17, 15) is 9.59 Å². The van der Waals surface area contributed by atoms with Gasteiger partial charge in [0.2, 0.25) is 5.91 Å². The third kappa shape index (κ3) is 4.53. The minimum Gasteiger partial charge on any atom is -0.486 e. The Morgan fingerprint density at radius 3 is 2.71 bits per heavy atom. The number of halogens is 1. The standard InChI is InChI=1S/C14H17ClN2O4/c1-9(15)13(18)17-14(19)16-5-4-10-2-3-11-12(8-10)21-7-6-20-11/h2-3,8-9H,4-7H2,1H3,(H2,16,17,18,19). The van der Waals surface area contributed by atoms with Crippen molar-refractivity contribution in [1.82, 2.24) is 10.6 Å². The highest BCUT2D eigenvalue weighted by molar-refractivity contribution is 6.31. The summed E-state index contributed by atoms with van der Waals surface area (Å²) >= 11 is 5.55. The maximum absolute atomic E-state index is 11.4. The summed E-state index contributed by atoms with van der Waals surface area (Å²) in [6, 6.07) is 5.10. The third-order valence-electron chi connectivity index (χ3n) is 2.90. The number of carbonyl (C=O) groups excluding carboxylic acids is 2. The highest BCUT2D eigenvalue weighted by Gasteiger charge is 2.13. The van der Waals surface area contributed by atoms with Crippen LogP contribution in [0.2, 0.25) is 0 Å². The van der Waals surface area contributed by atoms with Gasteiger partial charge in [-0.05, 0) is 31.0 Å². The fourth-order valence-electron chi connectivity index (χ4n) is 1.82. The molecule has 1 atom stereocenters. The van der Waals surface area contributed by atoms with E-state index in [2.05, 4.69) is 10.6 Å². The number of fused-ring (bicyclic) bond motifs is 1.